The SMILES string of the molecule is C=C(C(N)=O)c1cccc2[nH]nc(-c3nc4ccc(N5CCOCC5)cc4[nH]3)c12. The van der Waals surface area contributed by atoms with Gasteiger partial charge in [-0.2, -0.15) is 5.10 Å². The van der Waals surface area contributed by atoms with E-state index in [0.29, 0.717) is 17.1 Å². The van der Waals surface area contributed by atoms with E-state index < -0.39 is 5.91 Å². The number of carbonyl (C=O) groups excluding carboxylic acids is 1. The van der Waals surface area contributed by atoms with Crippen LogP contribution in [0.15, 0.2) is 43.0 Å². The Morgan fingerprint density at radius 1 is 1.17 bits per heavy atom. The predicted molar refractivity (Wildman–Crippen MR) is 112 cm³/mol. The molecule has 8 heteroatoms. The number of imidazole rings is 1. The van der Waals surface area contributed by atoms with E-state index in [0.717, 1.165) is 53.9 Å². The molecule has 1 fully saturated rings. The summed E-state index contributed by atoms with van der Waals surface area (Å²) in [6.07, 6.45) is 0. The highest BCUT2D eigenvalue weighted by molar-refractivity contribution is 6.22. The number of benzene rings is 2. The molecule has 4 N–H and O–H groups in total. The fourth-order valence-electron chi connectivity index (χ4n) is 3.76. The van der Waals surface area contributed by atoms with E-state index in [2.05, 4.69) is 38.8 Å². The molecule has 3 heterocycles. The predicted octanol–water partition coefficient (Wildman–Crippen LogP) is 2.44. The normalized spacial score (nSPS) is 14.6. The number of amides is 1. The third kappa shape index (κ3) is 2.94. The Morgan fingerprint density at radius 2 is 2.00 bits per heavy atom. The van der Waals surface area contributed by atoms with Gasteiger partial charge < -0.3 is 20.4 Å². The number of aromatic amines is 2. The molecule has 0 bridgehead atoms. The second-order valence-electron chi connectivity index (χ2n) is 7.03. The molecular weight excluding hydrogens is 368 g/mol. The summed E-state index contributed by atoms with van der Waals surface area (Å²) in [5.74, 6) is 0.0551. The summed E-state index contributed by atoms with van der Waals surface area (Å²) < 4.78 is 5.44. The van der Waals surface area contributed by atoms with Crippen LogP contribution in [0.4, 0.5) is 5.69 Å². The Balaban J connectivity index is 1.61. The van der Waals surface area contributed by atoms with Crippen molar-refractivity contribution in [3.05, 3.63) is 48.5 Å². The molecule has 29 heavy (non-hydrogen) atoms. The molecule has 0 unspecified atom stereocenters. The van der Waals surface area contributed by atoms with Gasteiger partial charge in [0.15, 0.2) is 5.82 Å². The molecule has 5 rings (SSSR count). The van der Waals surface area contributed by atoms with Crippen LogP contribution in [-0.4, -0.2) is 52.4 Å². The molecule has 0 aliphatic carbocycles. The van der Waals surface area contributed by atoms with Crippen LogP contribution >= 0.6 is 0 Å². The summed E-state index contributed by atoms with van der Waals surface area (Å²) >= 11 is 0. The number of primary amides is 1. The Kier molecular flexibility index (Phi) is 4.06. The lowest BCUT2D eigenvalue weighted by Crippen LogP contribution is -2.36. The van der Waals surface area contributed by atoms with Gasteiger partial charge in [-0.15, -0.1) is 0 Å². The number of hydrogen-bond acceptors (Lipinski definition) is 5. The Bertz CT molecular complexity index is 1250. The van der Waals surface area contributed by atoms with Crippen LogP contribution in [0.2, 0.25) is 0 Å². The van der Waals surface area contributed by atoms with E-state index in [9.17, 15) is 4.79 Å². The van der Waals surface area contributed by atoms with Crippen LogP contribution < -0.4 is 10.6 Å². The van der Waals surface area contributed by atoms with Gasteiger partial charge in [0, 0.05) is 29.7 Å². The number of hydrogen-bond donors (Lipinski definition) is 3. The second-order valence-corrected chi connectivity index (χ2v) is 7.03. The zero-order chi connectivity index (χ0) is 20.0. The summed E-state index contributed by atoms with van der Waals surface area (Å²) in [6, 6.07) is 11.7. The van der Waals surface area contributed by atoms with Crippen molar-refractivity contribution in [1.29, 1.82) is 0 Å². The molecule has 1 saturated heterocycles. The van der Waals surface area contributed by atoms with E-state index >= 15 is 0 Å². The zero-order valence-electron chi connectivity index (χ0n) is 15.7. The molecule has 1 aliphatic heterocycles. The number of fused-ring (bicyclic) bond motifs is 2. The van der Waals surface area contributed by atoms with Crippen LogP contribution in [0.5, 0.6) is 0 Å². The number of aromatic nitrogens is 4. The van der Waals surface area contributed by atoms with Crippen molar-refractivity contribution in [3.8, 4) is 11.5 Å². The number of ether oxygens (including phenoxy) is 1. The van der Waals surface area contributed by atoms with Gasteiger partial charge in [0.2, 0.25) is 5.91 Å². The first-order valence-corrected chi connectivity index (χ1v) is 9.41. The van der Waals surface area contributed by atoms with E-state index in [1.807, 2.05) is 24.3 Å². The van der Waals surface area contributed by atoms with E-state index in [-0.39, 0.29) is 5.57 Å². The highest BCUT2D eigenvalue weighted by Gasteiger charge is 2.19. The van der Waals surface area contributed by atoms with Gasteiger partial charge in [0.1, 0.15) is 5.69 Å². The fourth-order valence-corrected chi connectivity index (χ4v) is 3.76. The number of nitrogens with one attached hydrogen (secondary N) is 2. The molecule has 2 aromatic carbocycles. The minimum absolute atomic E-state index is 0.240. The van der Waals surface area contributed by atoms with Crippen LogP contribution in [0.1, 0.15) is 5.56 Å². The maximum absolute atomic E-state index is 11.7. The van der Waals surface area contributed by atoms with Gasteiger partial charge in [-0.05, 0) is 29.8 Å². The zero-order valence-corrected chi connectivity index (χ0v) is 15.7. The van der Waals surface area contributed by atoms with Crippen molar-refractivity contribution in [2.45, 2.75) is 0 Å². The molecule has 4 aromatic rings. The van der Waals surface area contributed by atoms with Crippen molar-refractivity contribution in [2.24, 2.45) is 5.73 Å². The van der Waals surface area contributed by atoms with E-state index in [1.165, 1.54) is 0 Å². The first kappa shape index (κ1) is 17.4. The number of carbonyl (C=O) groups is 1. The van der Waals surface area contributed by atoms with Crippen LogP contribution in [0, 0.1) is 0 Å². The lowest BCUT2D eigenvalue weighted by molar-refractivity contribution is -0.112. The maximum atomic E-state index is 11.7. The third-order valence-corrected chi connectivity index (χ3v) is 5.28. The summed E-state index contributed by atoms with van der Waals surface area (Å²) in [7, 11) is 0. The minimum Gasteiger partial charge on any atom is -0.378 e. The van der Waals surface area contributed by atoms with Crippen LogP contribution in [-0.2, 0) is 9.53 Å². The Labute approximate surface area is 166 Å². The minimum atomic E-state index is -0.565. The lowest BCUT2D eigenvalue weighted by atomic mass is 10.0. The molecular formula is C21H20N6O2. The van der Waals surface area contributed by atoms with Crippen LogP contribution in [0.25, 0.3) is 39.0 Å². The Morgan fingerprint density at radius 3 is 2.79 bits per heavy atom. The monoisotopic (exact) mass is 388 g/mol. The molecule has 0 spiro atoms. The van der Waals surface area contributed by atoms with Crippen molar-refractivity contribution < 1.29 is 9.53 Å². The molecule has 0 atom stereocenters. The lowest BCUT2D eigenvalue weighted by Gasteiger charge is -2.28. The highest BCUT2D eigenvalue weighted by Crippen LogP contribution is 2.32. The molecule has 8 nitrogen and oxygen atoms in total. The van der Waals surface area contributed by atoms with Crippen molar-refractivity contribution in [1.82, 2.24) is 20.2 Å². The van der Waals surface area contributed by atoms with Gasteiger partial charge in [-0.3, -0.25) is 9.89 Å². The second kappa shape index (κ2) is 6.75. The first-order chi connectivity index (χ1) is 14.1. The number of morpholine rings is 1. The number of nitrogens with zero attached hydrogens (tertiary/aromatic N) is 3. The number of anilines is 1. The summed E-state index contributed by atoms with van der Waals surface area (Å²) in [5, 5.41) is 8.21. The molecule has 146 valence electrons. The van der Waals surface area contributed by atoms with E-state index in [1.54, 1.807) is 0 Å². The van der Waals surface area contributed by atoms with Gasteiger partial charge in [-0.25, -0.2) is 4.98 Å². The topological polar surface area (TPSA) is 113 Å². The third-order valence-electron chi connectivity index (χ3n) is 5.28. The smallest absolute Gasteiger partial charge is 0.248 e. The molecule has 1 amide bonds. The van der Waals surface area contributed by atoms with Gasteiger partial charge >= 0.3 is 0 Å². The number of H-pyrrole nitrogens is 2. The van der Waals surface area contributed by atoms with Gasteiger partial charge in [0.25, 0.3) is 0 Å². The highest BCUT2D eigenvalue weighted by atomic mass is 16.5. The van der Waals surface area contributed by atoms with Crippen molar-refractivity contribution in [2.75, 3.05) is 31.2 Å². The molecule has 2 aromatic heterocycles. The summed E-state index contributed by atoms with van der Waals surface area (Å²) in [4.78, 5) is 22.1. The van der Waals surface area contributed by atoms with Gasteiger partial charge in [0.05, 0.1) is 29.8 Å². The number of rotatable bonds is 4. The van der Waals surface area contributed by atoms with Crippen LogP contribution in [0.3, 0.4) is 0 Å². The summed E-state index contributed by atoms with van der Waals surface area (Å²) in [5.41, 5.74) is 10.7. The quantitative estimate of drug-likeness (QED) is 0.465. The van der Waals surface area contributed by atoms with Crippen molar-refractivity contribution >= 4 is 39.1 Å². The number of nitrogens with two attached hydrogens (primary N) is 1. The maximum Gasteiger partial charge on any atom is 0.248 e. The van der Waals surface area contributed by atoms with Crippen molar-refractivity contribution in [3.63, 3.8) is 0 Å². The molecule has 0 saturated carbocycles. The average molecular weight is 388 g/mol. The first-order valence-electron chi connectivity index (χ1n) is 9.41. The Hall–Kier alpha value is -3.65. The fraction of sp³-hybridized carbons (Fsp3) is 0.190. The largest absolute Gasteiger partial charge is 0.378 e. The molecule has 0 radical (unpaired) electrons. The summed E-state index contributed by atoms with van der Waals surface area (Å²) in [6.45, 7) is 7.04. The standard InChI is InChI=1S/C21H20N6O2/c1-12(20(22)28)14-3-2-4-16-18(14)19(26-25-16)21-23-15-6-5-13(11-17(15)24-21)27-7-9-29-10-8-27/h2-6,11H,1,7-10H2,(H2,22,28)(H,23,24)(H,25,26). The molecule has 1 aliphatic rings. The van der Waals surface area contributed by atoms with E-state index in [4.69, 9.17) is 15.5 Å². The average Bonchev–Trinajstić information content (AvgIpc) is 3.36. The van der Waals surface area contributed by atoms with Gasteiger partial charge in [-0.1, -0.05) is 18.7 Å².